The van der Waals surface area contributed by atoms with E-state index in [1.165, 1.54) is 0 Å². The fraction of sp³-hybridized carbons (Fsp3) is 0.727. The van der Waals surface area contributed by atoms with Crippen LogP contribution < -0.4 is 11.1 Å². The lowest BCUT2D eigenvalue weighted by Gasteiger charge is -2.17. The number of rotatable bonds is 6. The van der Waals surface area contributed by atoms with Crippen LogP contribution >= 0.6 is 0 Å². The molecule has 0 aliphatic heterocycles. The molecule has 2 unspecified atom stereocenters. The number of nitrogens with two attached hydrogens (primary N) is 1. The molecule has 0 spiro atoms. The minimum absolute atomic E-state index is 0.0215. The van der Waals surface area contributed by atoms with E-state index in [0.29, 0.717) is 13.0 Å². The average Bonchev–Trinajstić information content (AvgIpc) is 2.17. The minimum Gasteiger partial charge on any atom is -0.352 e. The maximum atomic E-state index is 11.5. The topological polar surface area (TPSA) is 55.1 Å². The first kappa shape index (κ1) is 13.0. The molecule has 0 saturated carbocycles. The Labute approximate surface area is 86.4 Å². The summed E-state index contributed by atoms with van der Waals surface area (Å²) in [5, 5.41) is 2.92. The number of nitrogens with one attached hydrogen (secondary N) is 1. The highest BCUT2D eigenvalue weighted by atomic mass is 16.1. The molecule has 0 aliphatic rings. The molecule has 1 amide bonds. The third kappa shape index (κ3) is 4.88. The van der Waals surface area contributed by atoms with E-state index in [2.05, 4.69) is 11.2 Å². The Kier molecular flexibility index (Phi) is 6.87. The number of carbonyl (C=O) groups excluding carboxylic acids is 1. The number of terminal acetylenes is 1. The molecule has 3 nitrogen and oxygen atoms in total. The number of hydrogen-bond acceptors (Lipinski definition) is 2. The molecule has 0 aromatic heterocycles. The molecule has 3 N–H and O–H groups in total. The summed E-state index contributed by atoms with van der Waals surface area (Å²) >= 11 is 0. The van der Waals surface area contributed by atoms with E-state index in [1.54, 1.807) is 0 Å². The molecule has 80 valence electrons. The van der Waals surface area contributed by atoms with Gasteiger partial charge in [-0.05, 0) is 19.4 Å². The summed E-state index contributed by atoms with van der Waals surface area (Å²) in [6, 6.07) is 0.104. The Morgan fingerprint density at radius 3 is 2.71 bits per heavy atom. The van der Waals surface area contributed by atoms with E-state index in [1.807, 2.05) is 13.8 Å². The normalized spacial score (nSPS) is 14.1. The van der Waals surface area contributed by atoms with Gasteiger partial charge in [-0.15, -0.1) is 12.3 Å². The molecule has 0 saturated heterocycles. The Bertz CT molecular complexity index is 208. The fourth-order valence-corrected chi connectivity index (χ4v) is 1.16. The van der Waals surface area contributed by atoms with Crippen LogP contribution in [0.4, 0.5) is 0 Å². The quantitative estimate of drug-likeness (QED) is 0.620. The van der Waals surface area contributed by atoms with E-state index in [9.17, 15) is 4.79 Å². The highest BCUT2D eigenvalue weighted by Crippen LogP contribution is 2.03. The van der Waals surface area contributed by atoms with Crippen molar-refractivity contribution in [3.63, 3.8) is 0 Å². The lowest BCUT2D eigenvalue weighted by Crippen LogP contribution is -2.38. The Morgan fingerprint density at radius 1 is 1.64 bits per heavy atom. The monoisotopic (exact) mass is 196 g/mol. The standard InChI is InChI=1S/C11H20N2O/c1-4-6-10(5-2)13-11(14)9(3)7-8-12/h1,9-10H,5-8,12H2,2-3H3,(H,13,14). The summed E-state index contributed by atoms with van der Waals surface area (Å²) in [4.78, 5) is 11.5. The summed E-state index contributed by atoms with van der Waals surface area (Å²) in [6.45, 7) is 4.43. The third-order valence-corrected chi connectivity index (χ3v) is 2.25. The van der Waals surface area contributed by atoms with Crippen LogP contribution in [-0.4, -0.2) is 18.5 Å². The van der Waals surface area contributed by atoms with Gasteiger partial charge in [0, 0.05) is 18.4 Å². The summed E-state index contributed by atoms with van der Waals surface area (Å²) in [5.74, 6) is 2.59. The van der Waals surface area contributed by atoms with Gasteiger partial charge in [0.15, 0.2) is 0 Å². The minimum atomic E-state index is -0.0215. The van der Waals surface area contributed by atoms with Crippen molar-refractivity contribution in [1.82, 2.24) is 5.32 Å². The van der Waals surface area contributed by atoms with Gasteiger partial charge >= 0.3 is 0 Å². The average molecular weight is 196 g/mol. The van der Waals surface area contributed by atoms with Crippen molar-refractivity contribution < 1.29 is 4.79 Å². The van der Waals surface area contributed by atoms with Gasteiger partial charge < -0.3 is 11.1 Å². The molecule has 0 heterocycles. The lowest BCUT2D eigenvalue weighted by molar-refractivity contribution is -0.125. The molecule has 0 fully saturated rings. The van der Waals surface area contributed by atoms with Gasteiger partial charge in [-0.1, -0.05) is 13.8 Å². The first-order chi connectivity index (χ1) is 6.65. The third-order valence-electron chi connectivity index (χ3n) is 2.25. The van der Waals surface area contributed by atoms with Gasteiger partial charge in [-0.25, -0.2) is 0 Å². The van der Waals surface area contributed by atoms with Crippen molar-refractivity contribution >= 4 is 5.91 Å². The predicted octanol–water partition coefficient (Wildman–Crippen LogP) is 0.889. The molecule has 0 radical (unpaired) electrons. The second kappa shape index (κ2) is 7.40. The zero-order valence-corrected chi connectivity index (χ0v) is 9.05. The van der Waals surface area contributed by atoms with Gasteiger partial charge in [-0.3, -0.25) is 4.79 Å². The van der Waals surface area contributed by atoms with Crippen molar-refractivity contribution in [1.29, 1.82) is 0 Å². The Balaban J connectivity index is 3.96. The smallest absolute Gasteiger partial charge is 0.223 e. The molecular weight excluding hydrogens is 176 g/mol. The van der Waals surface area contributed by atoms with Gasteiger partial charge in [-0.2, -0.15) is 0 Å². The molecule has 0 rings (SSSR count). The fourth-order valence-electron chi connectivity index (χ4n) is 1.16. The zero-order valence-electron chi connectivity index (χ0n) is 9.05. The Hall–Kier alpha value is -1.01. The van der Waals surface area contributed by atoms with E-state index in [0.717, 1.165) is 12.8 Å². The van der Waals surface area contributed by atoms with Crippen LogP contribution in [0.3, 0.4) is 0 Å². The molecular formula is C11H20N2O. The summed E-state index contributed by atoms with van der Waals surface area (Å²) in [5.41, 5.74) is 5.38. The second-order valence-corrected chi connectivity index (χ2v) is 3.50. The van der Waals surface area contributed by atoms with Crippen molar-refractivity contribution in [3.05, 3.63) is 0 Å². The molecule has 0 aromatic rings. The van der Waals surface area contributed by atoms with Crippen LogP contribution in [-0.2, 0) is 4.79 Å². The number of carbonyl (C=O) groups is 1. The number of hydrogen-bond donors (Lipinski definition) is 2. The maximum Gasteiger partial charge on any atom is 0.223 e. The Morgan fingerprint density at radius 2 is 2.29 bits per heavy atom. The highest BCUT2D eigenvalue weighted by molar-refractivity contribution is 5.78. The van der Waals surface area contributed by atoms with Crippen LogP contribution in [0.5, 0.6) is 0 Å². The van der Waals surface area contributed by atoms with Crippen LogP contribution in [0, 0.1) is 18.3 Å². The van der Waals surface area contributed by atoms with E-state index in [4.69, 9.17) is 12.2 Å². The maximum absolute atomic E-state index is 11.5. The van der Waals surface area contributed by atoms with Crippen molar-refractivity contribution in [2.45, 2.75) is 39.2 Å². The van der Waals surface area contributed by atoms with Crippen LogP contribution in [0.2, 0.25) is 0 Å². The zero-order chi connectivity index (χ0) is 11.0. The molecule has 3 heteroatoms. The summed E-state index contributed by atoms with van der Waals surface area (Å²) in [6.07, 6.45) is 7.38. The SMILES string of the molecule is C#CCC(CC)NC(=O)C(C)CCN. The lowest BCUT2D eigenvalue weighted by atomic mass is 10.1. The van der Waals surface area contributed by atoms with Crippen molar-refractivity contribution in [2.24, 2.45) is 11.7 Å². The molecule has 2 atom stereocenters. The van der Waals surface area contributed by atoms with E-state index < -0.39 is 0 Å². The first-order valence-electron chi connectivity index (χ1n) is 5.09. The number of amides is 1. The van der Waals surface area contributed by atoms with E-state index in [-0.39, 0.29) is 17.9 Å². The van der Waals surface area contributed by atoms with Gasteiger partial charge in [0.25, 0.3) is 0 Å². The van der Waals surface area contributed by atoms with Gasteiger partial charge in [0.2, 0.25) is 5.91 Å². The van der Waals surface area contributed by atoms with Crippen LogP contribution in [0.15, 0.2) is 0 Å². The van der Waals surface area contributed by atoms with Crippen molar-refractivity contribution in [3.8, 4) is 12.3 Å². The molecule has 0 bridgehead atoms. The van der Waals surface area contributed by atoms with Gasteiger partial charge in [0.05, 0.1) is 0 Å². The van der Waals surface area contributed by atoms with E-state index >= 15 is 0 Å². The highest BCUT2D eigenvalue weighted by Gasteiger charge is 2.14. The first-order valence-corrected chi connectivity index (χ1v) is 5.09. The van der Waals surface area contributed by atoms with Crippen LogP contribution in [0.1, 0.15) is 33.1 Å². The van der Waals surface area contributed by atoms with Crippen molar-refractivity contribution in [2.75, 3.05) is 6.54 Å². The molecule has 14 heavy (non-hydrogen) atoms. The van der Waals surface area contributed by atoms with Gasteiger partial charge in [0.1, 0.15) is 0 Å². The largest absolute Gasteiger partial charge is 0.352 e. The predicted molar refractivity (Wildman–Crippen MR) is 58.5 cm³/mol. The molecule has 0 aromatic carbocycles. The summed E-state index contributed by atoms with van der Waals surface area (Å²) < 4.78 is 0. The van der Waals surface area contributed by atoms with Crippen LogP contribution in [0.25, 0.3) is 0 Å². The summed E-state index contributed by atoms with van der Waals surface area (Å²) in [7, 11) is 0. The second-order valence-electron chi connectivity index (χ2n) is 3.50. The molecule has 0 aliphatic carbocycles.